The molecule has 10 nitrogen and oxygen atoms in total. The Labute approximate surface area is 208 Å². The van der Waals surface area contributed by atoms with E-state index in [4.69, 9.17) is 9.47 Å². The molecule has 0 saturated carbocycles. The lowest BCUT2D eigenvalue weighted by Gasteiger charge is -2.23. The molecule has 0 aliphatic carbocycles. The standard InChI is InChI=1S/C23H24FN3O7S2/c1-33-21-13-10-19(14-22(21)34-2)27(35(3,29)30)15-23(28)25-17-8-11-20(12-9-17)36(31,32)26-18-6-4-16(24)5-7-18/h4-14,26H,15H2,1-3H3,(H,25,28). The first-order valence-electron chi connectivity index (χ1n) is 10.3. The number of hydrogen-bond acceptors (Lipinski definition) is 7. The molecule has 0 unspecified atom stereocenters. The summed E-state index contributed by atoms with van der Waals surface area (Å²) in [6, 6.07) is 14.5. The summed E-state index contributed by atoms with van der Waals surface area (Å²) in [6.07, 6.45) is 0.963. The van der Waals surface area contributed by atoms with Crippen molar-refractivity contribution in [1.29, 1.82) is 0 Å². The van der Waals surface area contributed by atoms with Crippen molar-refractivity contribution in [3.05, 3.63) is 72.5 Å². The third-order valence-corrected chi connectivity index (χ3v) is 7.43. The Morgan fingerprint density at radius 1 is 0.861 bits per heavy atom. The minimum absolute atomic E-state index is 0.0899. The fourth-order valence-corrected chi connectivity index (χ4v) is 5.07. The van der Waals surface area contributed by atoms with Gasteiger partial charge in [0.25, 0.3) is 10.0 Å². The number of anilines is 3. The summed E-state index contributed by atoms with van der Waals surface area (Å²) in [5.74, 6) is -0.480. The van der Waals surface area contributed by atoms with Crippen molar-refractivity contribution in [3.63, 3.8) is 0 Å². The number of rotatable bonds is 10. The number of nitrogens with one attached hydrogen (secondary N) is 2. The quantitative estimate of drug-likeness (QED) is 0.406. The normalized spacial score (nSPS) is 11.4. The third-order valence-electron chi connectivity index (χ3n) is 4.89. The van der Waals surface area contributed by atoms with Crippen LogP contribution in [0.2, 0.25) is 0 Å². The molecule has 0 aliphatic heterocycles. The van der Waals surface area contributed by atoms with Crippen LogP contribution in [-0.2, 0) is 24.8 Å². The Morgan fingerprint density at radius 3 is 2.00 bits per heavy atom. The summed E-state index contributed by atoms with van der Waals surface area (Å²) in [5.41, 5.74) is 0.630. The van der Waals surface area contributed by atoms with Gasteiger partial charge in [-0.05, 0) is 60.7 Å². The molecule has 3 rings (SSSR count). The number of carbonyl (C=O) groups is 1. The zero-order chi connectivity index (χ0) is 26.5. The molecule has 3 aromatic rings. The van der Waals surface area contributed by atoms with E-state index >= 15 is 0 Å². The number of amides is 1. The van der Waals surface area contributed by atoms with Crippen LogP contribution < -0.4 is 23.8 Å². The molecule has 13 heteroatoms. The summed E-state index contributed by atoms with van der Waals surface area (Å²) >= 11 is 0. The average molecular weight is 538 g/mol. The van der Waals surface area contributed by atoms with E-state index in [1.807, 2.05) is 0 Å². The van der Waals surface area contributed by atoms with Crippen LogP contribution in [0.25, 0.3) is 0 Å². The van der Waals surface area contributed by atoms with Gasteiger partial charge in [-0.2, -0.15) is 0 Å². The highest BCUT2D eigenvalue weighted by Crippen LogP contribution is 2.32. The van der Waals surface area contributed by atoms with Crippen LogP contribution >= 0.6 is 0 Å². The Morgan fingerprint density at radius 2 is 1.44 bits per heavy atom. The van der Waals surface area contributed by atoms with E-state index in [0.717, 1.165) is 22.7 Å². The summed E-state index contributed by atoms with van der Waals surface area (Å²) < 4.78 is 76.5. The number of halogens is 1. The van der Waals surface area contributed by atoms with E-state index in [1.54, 1.807) is 0 Å². The zero-order valence-corrected chi connectivity index (χ0v) is 21.2. The Kier molecular flexibility index (Phi) is 8.05. The van der Waals surface area contributed by atoms with Crippen LogP contribution in [-0.4, -0.2) is 49.8 Å². The van der Waals surface area contributed by atoms with Gasteiger partial charge in [0.15, 0.2) is 11.5 Å². The summed E-state index contributed by atoms with van der Waals surface area (Å²) in [5, 5.41) is 2.54. The molecular weight excluding hydrogens is 513 g/mol. The van der Waals surface area contributed by atoms with Gasteiger partial charge >= 0.3 is 0 Å². The SMILES string of the molecule is COc1ccc(N(CC(=O)Nc2ccc(S(=O)(=O)Nc3ccc(F)cc3)cc2)S(C)(=O)=O)cc1OC. The van der Waals surface area contributed by atoms with E-state index in [2.05, 4.69) is 10.0 Å². The zero-order valence-electron chi connectivity index (χ0n) is 19.6. The predicted molar refractivity (Wildman–Crippen MR) is 134 cm³/mol. The lowest BCUT2D eigenvalue weighted by Crippen LogP contribution is -2.37. The molecule has 0 aromatic heterocycles. The van der Waals surface area contributed by atoms with Crippen molar-refractivity contribution in [1.82, 2.24) is 0 Å². The maximum Gasteiger partial charge on any atom is 0.261 e. The molecule has 2 N–H and O–H groups in total. The predicted octanol–water partition coefficient (Wildman–Crippen LogP) is 3.05. The van der Waals surface area contributed by atoms with Gasteiger partial charge in [0.05, 0.1) is 31.1 Å². The highest BCUT2D eigenvalue weighted by molar-refractivity contribution is 7.92. The third kappa shape index (κ3) is 6.64. The molecule has 0 fully saturated rings. The molecule has 3 aromatic carbocycles. The number of nitrogens with zero attached hydrogens (tertiary/aromatic N) is 1. The molecule has 0 atom stereocenters. The molecule has 0 saturated heterocycles. The van der Waals surface area contributed by atoms with Crippen LogP contribution in [0.1, 0.15) is 0 Å². The fourth-order valence-electron chi connectivity index (χ4n) is 3.16. The molecule has 0 spiro atoms. The molecule has 192 valence electrons. The molecule has 0 radical (unpaired) electrons. The number of sulfonamides is 2. The molecule has 36 heavy (non-hydrogen) atoms. The second kappa shape index (κ2) is 10.8. The van der Waals surface area contributed by atoms with E-state index in [0.29, 0.717) is 5.75 Å². The van der Waals surface area contributed by atoms with Gasteiger partial charge in [0.2, 0.25) is 15.9 Å². The maximum atomic E-state index is 13.0. The lowest BCUT2D eigenvalue weighted by atomic mass is 10.2. The van der Waals surface area contributed by atoms with Crippen molar-refractivity contribution in [3.8, 4) is 11.5 Å². The second-order valence-corrected chi connectivity index (χ2v) is 11.1. The first kappa shape index (κ1) is 26.8. The first-order valence-corrected chi connectivity index (χ1v) is 13.6. The van der Waals surface area contributed by atoms with Gasteiger partial charge < -0.3 is 14.8 Å². The largest absolute Gasteiger partial charge is 0.493 e. The van der Waals surface area contributed by atoms with Crippen molar-refractivity contribution in [2.24, 2.45) is 0 Å². The van der Waals surface area contributed by atoms with Crippen LogP contribution in [0.5, 0.6) is 11.5 Å². The Hall–Kier alpha value is -3.84. The number of hydrogen-bond donors (Lipinski definition) is 2. The van der Waals surface area contributed by atoms with Crippen LogP contribution in [0, 0.1) is 5.82 Å². The van der Waals surface area contributed by atoms with E-state index in [1.165, 1.54) is 68.8 Å². The molecular formula is C23H24FN3O7S2. The Bertz CT molecular complexity index is 1440. The minimum atomic E-state index is -3.95. The van der Waals surface area contributed by atoms with Crippen molar-refractivity contribution >= 4 is 43.0 Å². The van der Waals surface area contributed by atoms with E-state index < -0.39 is 38.3 Å². The number of carbonyl (C=O) groups excluding carboxylic acids is 1. The van der Waals surface area contributed by atoms with E-state index in [9.17, 15) is 26.0 Å². The van der Waals surface area contributed by atoms with Gasteiger partial charge in [0.1, 0.15) is 12.4 Å². The maximum absolute atomic E-state index is 13.0. The van der Waals surface area contributed by atoms with Crippen molar-refractivity contribution in [2.75, 3.05) is 41.4 Å². The van der Waals surface area contributed by atoms with Crippen molar-refractivity contribution in [2.45, 2.75) is 4.90 Å². The second-order valence-electron chi connectivity index (χ2n) is 7.49. The van der Waals surface area contributed by atoms with Gasteiger partial charge in [-0.15, -0.1) is 0 Å². The monoisotopic (exact) mass is 537 g/mol. The highest BCUT2D eigenvalue weighted by atomic mass is 32.2. The lowest BCUT2D eigenvalue weighted by molar-refractivity contribution is -0.114. The first-order chi connectivity index (χ1) is 16.9. The highest BCUT2D eigenvalue weighted by Gasteiger charge is 2.23. The molecule has 0 bridgehead atoms. The van der Waals surface area contributed by atoms with Gasteiger partial charge in [-0.3, -0.25) is 13.8 Å². The average Bonchev–Trinajstić information content (AvgIpc) is 2.83. The smallest absolute Gasteiger partial charge is 0.261 e. The summed E-state index contributed by atoms with van der Waals surface area (Å²) in [7, 11) is -4.96. The summed E-state index contributed by atoms with van der Waals surface area (Å²) in [6.45, 7) is -0.541. The van der Waals surface area contributed by atoms with E-state index in [-0.39, 0.29) is 27.7 Å². The molecule has 1 amide bonds. The van der Waals surface area contributed by atoms with Gasteiger partial charge in [-0.1, -0.05) is 0 Å². The molecule has 0 aliphatic rings. The van der Waals surface area contributed by atoms with Gasteiger partial charge in [0, 0.05) is 17.4 Å². The topological polar surface area (TPSA) is 131 Å². The molecule has 0 heterocycles. The van der Waals surface area contributed by atoms with Gasteiger partial charge in [-0.25, -0.2) is 21.2 Å². The minimum Gasteiger partial charge on any atom is -0.493 e. The van der Waals surface area contributed by atoms with Crippen molar-refractivity contribution < 1.29 is 35.5 Å². The van der Waals surface area contributed by atoms with Crippen LogP contribution in [0.3, 0.4) is 0 Å². The number of benzene rings is 3. The fraction of sp³-hybridized carbons (Fsp3) is 0.174. The number of ether oxygens (including phenoxy) is 2. The van der Waals surface area contributed by atoms with Crippen LogP contribution in [0.15, 0.2) is 71.6 Å². The Balaban J connectivity index is 1.73. The van der Waals surface area contributed by atoms with Crippen LogP contribution in [0.4, 0.5) is 21.5 Å². The number of methoxy groups -OCH3 is 2. The summed E-state index contributed by atoms with van der Waals surface area (Å²) in [4.78, 5) is 12.5.